The third kappa shape index (κ3) is 2.29. The number of hydrogen-bond acceptors (Lipinski definition) is 3. The Morgan fingerprint density at radius 1 is 1.14 bits per heavy atom. The molecule has 1 aromatic carbocycles. The van der Waals surface area contributed by atoms with Crippen molar-refractivity contribution in [1.82, 2.24) is 0 Å². The van der Waals surface area contributed by atoms with E-state index in [0.717, 1.165) is 28.2 Å². The predicted octanol–water partition coefficient (Wildman–Crippen LogP) is 3.71. The second-order valence-corrected chi connectivity index (χ2v) is 5.39. The van der Waals surface area contributed by atoms with Crippen molar-refractivity contribution >= 4 is 5.78 Å². The Labute approximate surface area is 124 Å². The van der Waals surface area contributed by atoms with Crippen LogP contribution in [-0.4, -0.2) is 12.9 Å². The van der Waals surface area contributed by atoms with E-state index in [2.05, 4.69) is 0 Å². The first-order chi connectivity index (χ1) is 10.1. The van der Waals surface area contributed by atoms with Gasteiger partial charge in [-0.15, -0.1) is 0 Å². The highest BCUT2D eigenvalue weighted by atomic mass is 16.5. The Morgan fingerprint density at radius 2 is 1.86 bits per heavy atom. The number of carbonyl (C=O) groups excluding carboxylic acids is 1. The van der Waals surface area contributed by atoms with E-state index >= 15 is 0 Å². The molecule has 1 aliphatic carbocycles. The Morgan fingerprint density at radius 3 is 2.52 bits per heavy atom. The summed E-state index contributed by atoms with van der Waals surface area (Å²) in [5.74, 6) is 1.45. The van der Waals surface area contributed by atoms with Crippen molar-refractivity contribution in [2.45, 2.75) is 20.0 Å². The molecule has 1 aromatic rings. The maximum absolute atomic E-state index is 12.1. The summed E-state index contributed by atoms with van der Waals surface area (Å²) in [6.07, 6.45) is 3.51. The number of allylic oxidation sites excluding steroid dienone is 4. The summed E-state index contributed by atoms with van der Waals surface area (Å²) in [6.45, 7) is 3.74. The zero-order valence-electron chi connectivity index (χ0n) is 12.4. The minimum Gasteiger partial charge on any atom is -0.497 e. The molecule has 1 heterocycles. The van der Waals surface area contributed by atoms with Crippen molar-refractivity contribution in [2.75, 3.05) is 7.11 Å². The van der Waals surface area contributed by atoms with Crippen LogP contribution in [0.2, 0.25) is 0 Å². The molecule has 108 valence electrons. The maximum atomic E-state index is 12.1. The predicted molar refractivity (Wildman–Crippen MR) is 80.3 cm³/mol. The van der Waals surface area contributed by atoms with E-state index in [1.807, 2.05) is 56.3 Å². The van der Waals surface area contributed by atoms with Crippen LogP contribution in [0.4, 0.5) is 0 Å². The lowest BCUT2D eigenvalue weighted by Crippen LogP contribution is -2.24. The summed E-state index contributed by atoms with van der Waals surface area (Å²) in [5.41, 5.74) is 2.67. The lowest BCUT2D eigenvalue weighted by molar-refractivity contribution is -0.118. The number of carbonyl (C=O) groups is 1. The van der Waals surface area contributed by atoms with Gasteiger partial charge in [0.15, 0.2) is 11.9 Å². The molecule has 0 spiro atoms. The summed E-state index contributed by atoms with van der Waals surface area (Å²) in [4.78, 5) is 12.1. The van der Waals surface area contributed by atoms with Crippen LogP contribution in [0.25, 0.3) is 0 Å². The molecule has 2 atom stereocenters. The molecule has 3 heteroatoms. The Balaban J connectivity index is 2.04. The minimum atomic E-state index is -0.264. The second-order valence-electron chi connectivity index (χ2n) is 5.39. The van der Waals surface area contributed by atoms with Crippen LogP contribution in [0.15, 0.2) is 65.1 Å². The van der Waals surface area contributed by atoms with Crippen LogP contribution in [0.5, 0.6) is 0 Å². The monoisotopic (exact) mass is 282 g/mol. The lowest BCUT2D eigenvalue weighted by Gasteiger charge is -2.31. The lowest BCUT2D eigenvalue weighted by atomic mass is 9.84. The van der Waals surface area contributed by atoms with Crippen LogP contribution in [0.3, 0.4) is 0 Å². The quantitative estimate of drug-likeness (QED) is 0.829. The number of Topliss-reactive ketones (excluding diaryl/α,β-unsaturated/α-hetero) is 1. The van der Waals surface area contributed by atoms with Crippen molar-refractivity contribution in [1.29, 1.82) is 0 Å². The summed E-state index contributed by atoms with van der Waals surface area (Å²) < 4.78 is 11.6. The minimum absolute atomic E-state index is 0.141. The molecular formula is C18H18O3. The SMILES string of the molecule is COC1=CC2=C(C=C(C)C(=O)C2C)OC1c1ccccc1. The molecule has 0 radical (unpaired) electrons. The van der Waals surface area contributed by atoms with Crippen molar-refractivity contribution < 1.29 is 14.3 Å². The smallest absolute Gasteiger partial charge is 0.180 e. The molecule has 0 bridgehead atoms. The topological polar surface area (TPSA) is 35.5 Å². The molecule has 0 amide bonds. The molecule has 0 saturated carbocycles. The zero-order valence-corrected chi connectivity index (χ0v) is 12.4. The van der Waals surface area contributed by atoms with Gasteiger partial charge in [-0.25, -0.2) is 0 Å². The summed E-state index contributed by atoms with van der Waals surface area (Å²) in [6, 6.07) is 9.95. The molecule has 2 unspecified atom stereocenters. The zero-order chi connectivity index (χ0) is 15.0. The second kappa shape index (κ2) is 5.24. The average Bonchev–Trinajstić information content (AvgIpc) is 2.52. The first-order valence-electron chi connectivity index (χ1n) is 7.05. The van der Waals surface area contributed by atoms with Crippen LogP contribution in [0.1, 0.15) is 25.5 Å². The van der Waals surface area contributed by atoms with E-state index in [9.17, 15) is 4.79 Å². The molecule has 3 rings (SSSR count). The van der Waals surface area contributed by atoms with E-state index in [1.165, 1.54) is 0 Å². The highest BCUT2D eigenvalue weighted by Gasteiger charge is 2.33. The van der Waals surface area contributed by atoms with E-state index in [-0.39, 0.29) is 17.8 Å². The third-order valence-corrected chi connectivity index (χ3v) is 4.02. The number of hydrogen-bond donors (Lipinski definition) is 0. The fraction of sp³-hybridized carbons (Fsp3) is 0.278. The maximum Gasteiger partial charge on any atom is 0.180 e. The summed E-state index contributed by atoms with van der Waals surface area (Å²) in [5, 5.41) is 0. The van der Waals surface area contributed by atoms with Crippen molar-refractivity contribution in [3.63, 3.8) is 0 Å². The molecule has 1 aliphatic heterocycles. The average molecular weight is 282 g/mol. The molecule has 2 aliphatic rings. The first kappa shape index (κ1) is 13.7. The number of benzene rings is 1. The molecule has 0 fully saturated rings. The summed E-state index contributed by atoms with van der Waals surface area (Å²) in [7, 11) is 1.63. The van der Waals surface area contributed by atoms with Gasteiger partial charge >= 0.3 is 0 Å². The third-order valence-electron chi connectivity index (χ3n) is 4.02. The van der Waals surface area contributed by atoms with Crippen molar-refractivity contribution in [3.8, 4) is 0 Å². The van der Waals surface area contributed by atoms with E-state index in [1.54, 1.807) is 7.11 Å². The Bertz CT molecular complexity index is 665. The number of rotatable bonds is 2. The molecule has 0 saturated heterocycles. The molecule has 21 heavy (non-hydrogen) atoms. The van der Waals surface area contributed by atoms with Gasteiger partial charge < -0.3 is 9.47 Å². The first-order valence-corrected chi connectivity index (χ1v) is 7.05. The number of ketones is 1. The van der Waals surface area contributed by atoms with Gasteiger partial charge in [-0.2, -0.15) is 0 Å². The van der Waals surface area contributed by atoms with Gasteiger partial charge in [-0.05, 0) is 24.6 Å². The van der Waals surface area contributed by atoms with Gasteiger partial charge in [0.2, 0.25) is 0 Å². The van der Waals surface area contributed by atoms with Crippen LogP contribution in [0, 0.1) is 5.92 Å². The summed E-state index contributed by atoms with van der Waals surface area (Å²) >= 11 is 0. The highest BCUT2D eigenvalue weighted by molar-refractivity contribution is 6.00. The van der Waals surface area contributed by atoms with Gasteiger partial charge in [0, 0.05) is 17.1 Å². The molecule has 0 N–H and O–H groups in total. The van der Waals surface area contributed by atoms with Gasteiger partial charge in [-0.3, -0.25) is 4.79 Å². The van der Waals surface area contributed by atoms with Crippen molar-refractivity contribution in [2.24, 2.45) is 5.92 Å². The molecule has 3 nitrogen and oxygen atoms in total. The van der Waals surface area contributed by atoms with Crippen LogP contribution >= 0.6 is 0 Å². The standard InChI is InChI=1S/C18H18O3/c1-11-9-15-14(12(2)17(11)19)10-16(20-3)18(21-15)13-7-5-4-6-8-13/h4-10,12,18H,1-3H3. The Kier molecular flexibility index (Phi) is 3.42. The normalized spacial score (nSPS) is 24.8. The van der Waals surface area contributed by atoms with Gasteiger partial charge in [0.25, 0.3) is 0 Å². The van der Waals surface area contributed by atoms with E-state index < -0.39 is 0 Å². The van der Waals surface area contributed by atoms with Gasteiger partial charge in [0.1, 0.15) is 11.5 Å². The highest BCUT2D eigenvalue weighted by Crippen LogP contribution is 2.40. The van der Waals surface area contributed by atoms with E-state index in [0.29, 0.717) is 0 Å². The largest absolute Gasteiger partial charge is 0.497 e. The van der Waals surface area contributed by atoms with E-state index in [4.69, 9.17) is 9.47 Å². The Hall–Kier alpha value is -2.29. The fourth-order valence-corrected chi connectivity index (χ4v) is 2.79. The van der Waals surface area contributed by atoms with Gasteiger partial charge in [-0.1, -0.05) is 37.3 Å². The number of ether oxygens (including phenoxy) is 2. The van der Waals surface area contributed by atoms with Crippen molar-refractivity contribution in [3.05, 3.63) is 70.7 Å². The molecule has 0 aromatic heterocycles. The van der Waals surface area contributed by atoms with Crippen LogP contribution < -0.4 is 0 Å². The van der Waals surface area contributed by atoms with Crippen LogP contribution in [-0.2, 0) is 14.3 Å². The fourth-order valence-electron chi connectivity index (χ4n) is 2.79. The number of methoxy groups -OCH3 is 1. The van der Waals surface area contributed by atoms with Gasteiger partial charge in [0.05, 0.1) is 7.11 Å². The molecular weight excluding hydrogens is 264 g/mol.